The van der Waals surface area contributed by atoms with Gasteiger partial charge in [-0.3, -0.25) is 9.48 Å². The number of ether oxygens (including phenoxy) is 2. The lowest BCUT2D eigenvalue weighted by Crippen LogP contribution is -2.06. The number of aryl methyl sites for hydroxylation is 1. The summed E-state index contributed by atoms with van der Waals surface area (Å²) in [5.74, 6) is 1.36. The van der Waals surface area contributed by atoms with Gasteiger partial charge in [-0.1, -0.05) is 0 Å². The van der Waals surface area contributed by atoms with E-state index in [1.165, 1.54) is 0 Å². The summed E-state index contributed by atoms with van der Waals surface area (Å²) >= 11 is 0. The molecular formula is C14H14N2O3. The molecule has 2 heterocycles. The second-order valence-electron chi connectivity index (χ2n) is 4.41. The molecule has 0 spiro atoms. The van der Waals surface area contributed by atoms with Crippen molar-refractivity contribution in [2.24, 2.45) is 7.05 Å². The number of benzene rings is 1. The van der Waals surface area contributed by atoms with E-state index >= 15 is 0 Å². The molecule has 0 unspecified atom stereocenters. The molecule has 0 radical (unpaired) electrons. The predicted molar refractivity (Wildman–Crippen MR) is 68.7 cm³/mol. The molecule has 1 aromatic carbocycles. The standard InChI is InChI=1S/C14H14N2O3/c1-16-10(4-6-15-16)5-7-18-11-2-3-12-13(17)9-19-14(12)8-11/h2-4,6,8H,5,7,9H2,1H3. The molecule has 2 aromatic rings. The molecule has 0 N–H and O–H groups in total. The summed E-state index contributed by atoms with van der Waals surface area (Å²) in [5, 5.41) is 4.10. The van der Waals surface area contributed by atoms with Crippen molar-refractivity contribution in [2.45, 2.75) is 6.42 Å². The average molecular weight is 258 g/mol. The molecule has 0 amide bonds. The maximum absolute atomic E-state index is 11.4. The Morgan fingerprint density at radius 2 is 2.32 bits per heavy atom. The maximum atomic E-state index is 11.4. The Balaban J connectivity index is 1.62. The summed E-state index contributed by atoms with van der Waals surface area (Å²) in [6.07, 6.45) is 2.55. The van der Waals surface area contributed by atoms with Gasteiger partial charge in [0, 0.05) is 31.4 Å². The van der Waals surface area contributed by atoms with Crippen molar-refractivity contribution < 1.29 is 14.3 Å². The van der Waals surface area contributed by atoms with Gasteiger partial charge in [0.25, 0.3) is 0 Å². The van der Waals surface area contributed by atoms with E-state index in [4.69, 9.17) is 9.47 Å². The molecule has 0 fully saturated rings. The second kappa shape index (κ2) is 4.76. The van der Waals surface area contributed by atoms with Crippen LogP contribution in [0.2, 0.25) is 0 Å². The van der Waals surface area contributed by atoms with Crippen LogP contribution in [-0.4, -0.2) is 28.8 Å². The van der Waals surface area contributed by atoms with Crippen LogP contribution >= 0.6 is 0 Å². The minimum atomic E-state index is 0.0245. The lowest BCUT2D eigenvalue weighted by Gasteiger charge is -2.07. The van der Waals surface area contributed by atoms with E-state index in [1.807, 2.05) is 17.8 Å². The number of aromatic nitrogens is 2. The predicted octanol–water partition coefficient (Wildman–Crippen LogP) is 1.62. The number of Topliss-reactive ketones (excluding diaryl/α,β-unsaturated/α-hetero) is 1. The van der Waals surface area contributed by atoms with Crippen LogP contribution in [0.3, 0.4) is 0 Å². The minimum Gasteiger partial charge on any atom is -0.493 e. The SMILES string of the molecule is Cn1nccc1CCOc1ccc2c(c1)OCC2=O. The Kier molecular flexibility index (Phi) is 2.95. The van der Waals surface area contributed by atoms with Crippen LogP contribution in [0, 0.1) is 0 Å². The summed E-state index contributed by atoms with van der Waals surface area (Å²) in [4.78, 5) is 11.4. The number of hydrogen-bond donors (Lipinski definition) is 0. The van der Waals surface area contributed by atoms with E-state index in [9.17, 15) is 4.79 Å². The number of carbonyl (C=O) groups excluding carboxylic acids is 1. The minimum absolute atomic E-state index is 0.0245. The van der Waals surface area contributed by atoms with Gasteiger partial charge in [-0.15, -0.1) is 0 Å². The fourth-order valence-corrected chi connectivity index (χ4v) is 2.08. The third-order valence-corrected chi connectivity index (χ3v) is 3.16. The third-order valence-electron chi connectivity index (χ3n) is 3.16. The fraction of sp³-hybridized carbons (Fsp3) is 0.286. The first kappa shape index (κ1) is 11.8. The Morgan fingerprint density at radius 1 is 1.42 bits per heavy atom. The summed E-state index contributed by atoms with van der Waals surface area (Å²) in [6.45, 7) is 0.695. The molecule has 5 heteroatoms. The number of hydrogen-bond acceptors (Lipinski definition) is 4. The van der Waals surface area contributed by atoms with Crippen LogP contribution in [-0.2, 0) is 13.5 Å². The van der Waals surface area contributed by atoms with Gasteiger partial charge in [-0.25, -0.2) is 0 Å². The molecule has 1 aliphatic rings. The zero-order valence-electron chi connectivity index (χ0n) is 10.6. The largest absolute Gasteiger partial charge is 0.493 e. The molecule has 0 saturated heterocycles. The highest BCUT2D eigenvalue weighted by Gasteiger charge is 2.21. The Bertz CT molecular complexity index is 619. The van der Waals surface area contributed by atoms with Crippen molar-refractivity contribution in [1.29, 1.82) is 0 Å². The van der Waals surface area contributed by atoms with Gasteiger partial charge < -0.3 is 9.47 Å². The first-order valence-electron chi connectivity index (χ1n) is 6.14. The Hall–Kier alpha value is -2.30. The first-order chi connectivity index (χ1) is 9.24. The molecule has 3 rings (SSSR count). The van der Waals surface area contributed by atoms with Crippen molar-refractivity contribution in [2.75, 3.05) is 13.2 Å². The van der Waals surface area contributed by atoms with Crippen molar-refractivity contribution in [1.82, 2.24) is 9.78 Å². The highest BCUT2D eigenvalue weighted by molar-refractivity contribution is 6.02. The fourth-order valence-electron chi connectivity index (χ4n) is 2.08. The first-order valence-corrected chi connectivity index (χ1v) is 6.14. The van der Waals surface area contributed by atoms with Crippen molar-refractivity contribution in [3.8, 4) is 11.5 Å². The molecule has 1 aliphatic heterocycles. The van der Waals surface area contributed by atoms with Crippen LogP contribution < -0.4 is 9.47 Å². The van der Waals surface area contributed by atoms with Crippen LogP contribution in [0.25, 0.3) is 0 Å². The number of rotatable bonds is 4. The molecule has 0 bridgehead atoms. The molecule has 0 atom stereocenters. The highest BCUT2D eigenvalue weighted by Crippen LogP contribution is 2.29. The van der Waals surface area contributed by atoms with Crippen LogP contribution in [0.1, 0.15) is 16.1 Å². The average Bonchev–Trinajstić information content (AvgIpc) is 2.97. The topological polar surface area (TPSA) is 53.4 Å². The zero-order chi connectivity index (χ0) is 13.2. The van der Waals surface area contributed by atoms with E-state index in [0.717, 1.165) is 17.9 Å². The van der Waals surface area contributed by atoms with Crippen LogP contribution in [0.5, 0.6) is 11.5 Å². The van der Waals surface area contributed by atoms with Gasteiger partial charge in [-0.2, -0.15) is 5.10 Å². The van der Waals surface area contributed by atoms with Gasteiger partial charge in [0.05, 0.1) is 12.2 Å². The van der Waals surface area contributed by atoms with Gasteiger partial charge in [-0.05, 0) is 18.2 Å². The van der Waals surface area contributed by atoms with Crippen LogP contribution in [0.4, 0.5) is 0 Å². The van der Waals surface area contributed by atoms with Crippen molar-refractivity contribution in [3.05, 3.63) is 41.7 Å². The molecule has 0 aliphatic carbocycles. The van der Waals surface area contributed by atoms with E-state index in [-0.39, 0.29) is 12.4 Å². The second-order valence-corrected chi connectivity index (χ2v) is 4.41. The van der Waals surface area contributed by atoms with Gasteiger partial charge in [0.2, 0.25) is 5.78 Å². The summed E-state index contributed by atoms with van der Waals surface area (Å²) in [5.41, 5.74) is 1.76. The van der Waals surface area contributed by atoms with Gasteiger partial charge in [0.1, 0.15) is 11.5 Å². The maximum Gasteiger partial charge on any atom is 0.203 e. The molecular weight excluding hydrogens is 244 g/mol. The third kappa shape index (κ3) is 2.31. The van der Waals surface area contributed by atoms with E-state index in [1.54, 1.807) is 24.4 Å². The Labute approximate surface area is 110 Å². The molecule has 19 heavy (non-hydrogen) atoms. The van der Waals surface area contributed by atoms with Crippen molar-refractivity contribution >= 4 is 5.78 Å². The monoisotopic (exact) mass is 258 g/mol. The van der Waals surface area contributed by atoms with E-state index in [0.29, 0.717) is 17.9 Å². The Morgan fingerprint density at radius 3 is 3.11 bits per heavy atom. The smallest absolute Gasteiger partial charge is 0.203 e. The number of carbonyl (C=O) groups is 1. The summed E-state index contributed by atoms with van der Waals surface area (Å²) in [6, 6.07) is 7.29. The number of fused-ring (bicyclic) bond motifs is 1. The normalized spacial score (nSPS) is 13.2. The molecule has 1 aromatic heterocycles. The zero-order valence-corrected chi connectivity index (χ0v) is 10.6. The molecule has 98 valence electrons. The summed E-state index contributed by atoms with van der Waals surface area (Å²) < 4.78 is 12.8. The van der Waals surface area contributed by atoms with E-state index < -0.39 is 0 Å². The number of nitrogens with zero attached hydrogens (tertiary/aromatic N) is 2. The molecule has 5 nitrogen and oxygen atoms in total. The van der Waals surface area contributed by atoms with E-state index in [2.05, 4.69) is 5.10 Å². The van der Waals surface area contributed by atoms with Crippen LogP contribution in [0.15, 0.2) is 30.5 Å². The van der Waals surface area contributed by atoms with Gasteiger partial charge in [0.15, 0.2) is 6.61 Å². The highest BCUT2D eigenvalue weighted by atomic mass is 16.5. The van der Waals surface area contributed by atoms with Gasteiger partial charge >= 0.3 is 0 Å². The van der Waals surface area contributed by atoms with Crippen molar-refractivity contribution in [3.63, 3.8) is 0 Å². The summed E-state index contributed by atoms with van der Waals surface area (Å²) in [7, 11) is 1.91. The lowest BCUT2D eigenvalue weighted by molar-refractivity contribution is 0.0961. The quantitative estimate of drug-likeness (QED) is 0.836. The lowest BCUT2D eigenvalue weighted by atomic mass is 10.1. The number of ketones is 1. The molecule has 0 saturated carbocycles.